The molecular weight excluding hydrogens is 346 g/mol. The van der Waals surface area contributed by atoms with Gasteiger partial charge in [-0.05, 0) is 63.8 Å². The van der Waals surface area contributed by atoms with Crippen LogP contribution < -0.4 is 5.32 Å². The van der Waals surface area contributed by atoms with Crippen molar-refractivity contribution in [1.29, 1.82) is 0 Å². The molecule has 0 unspecified atom stereocenters. The predicted octanol–water partition coefficient (Wildman–Crippen LogP) is 4.13. The van der Waals surface area contributed by atoms with Crippen LogP contribution in [0, 0.1) is 12.7 Å². The first-order chi connectivity index (χ1) is 8.45. The van der Waals surface area contributed by atoms with Gasteiger partial charge in [0.05, 0.1) is 4.47 Å². The Morgan fingerprint density at radius 1 is 1.17 bits per heavy atom. The van der Waals surface area contributed by atoms with Gasteiger partial charge in [0.1, 0.15) is 5.82 Å². The van der Waals surface area contributed by atoms with Crippen LogP contribution in [0.5, 0.6) is 0 Å². The molecule has 1 N–H and O–H groups in total. The summed E-state index contributed by atoms with van der Waals surface area (Å²) in [6.45, 7) is 1.82. The van der Waals surface area contributed by atoms with Gasteiger partial charge < -0.3 is 5.32 Å². The van der Waals surface area contributed by atoms with Crippen LogP contribution in [0.15, 0.2) is 16.6 Å². The maximum absolute atomic E-state index is 13.4. The van der Waals surface area contributed by atoms with E-state index in [1.807, 2.05) is 6.92 Å². The number of hydrogen-bond acceptors (Lipinski definition) is 4. The predicted molar refractivity (Wildman–Crippen MR) is 72.0 cm³/mol. The molecule has 0 spiro atoms. The van der Waals surface area contributed by atoms with Crippen molar-refractivity contribution in [2.24, 2.45) is 0 Å². The number of aromatic nitrogens is 3. The molecule has 2 aromatic rings. The normalized spacial score (nSPS) is 10.5. The van der Waals surface area contributed by atoms with Crippen LogP contribution in [-0.2, 0) is 0 Å². The summed E-state index contributed by atoms with van der Waals surface area (Å²) < 4.78 is 13.8. The van der Waals surface area contributed by atoms with Gasteiger partial charge in [-0.25, -0.2) is 4.39 Å². The van der Waals surface area contributed by atoms with Crippen molar-refractivity contribution < 1.29 is 4.39 Å². The molecule has 2 rings (SSSR count). The summed E-state index contributed by atoms with van der Waals surface area (Å²) in [7, 11) is 0. The molecule has 1 aromatic carbocycles. The lowest BCUT2D eigenvalue weighted by Crippen LogP contribution is -2.01. The number of benzene rings is 1. The van der Waals surface area contributed by atoms with E-state index in [4.69, 9.17) is 23.2 Å². The third kappa shape index (κ3) is 3.07. The summed E-state index contributed by atoms with van der Waals surface area (Å²) in [4.78, 5) is 11.3. The molecule has 1 heterocycles. The topological polar surface area (TPSA) is 50.7 Å². The van der Waals surface area contributed by atoms with Crippen molar-refractivity contribution in [3.63, 3.8) is 0 Å². The van der Waals surface area contributed by atoms with Crippen molar-refractivity contribution in [3.8, 4) is 0 Å². The Kier molecular flexibility index (Phi) is 3.99. The molecular formula is C10H6BrCl2FN4. The van der Waals surface area contributed by atoms with Crippen LogP contribution in [0.25, 0.3) is 0 Å². The molecule has 0 atom stereocenters. The van der Waals surface area contributed by atoms with Crippen molar-refractivity contribution in [1.82, 2.24) is 15.0 Å². The monoisotopic (exact) mass is 350 g/mol. The van der Waals surface area contributed by atoms with Gasteiger partial charge in [0.25, 0.3) is 0 Å². The second-order valence-corrected chi connectivity index (χ2v) is 4.93. The molecule has 18 heavy (non-hydrogen) atoms. The standard InChI is InChI=1S/C10H6BrCl2FN4/c1-4-2-5(11)6(14)3-7(4)15-10-17-8(12)16-9(13)18-10/h2-3H,1H3,(H,15,16,17,18). The molecule has 1 aromatic heterocycles. The summed E-state index contributed by atoms with van der Waals surface area (Å²) in [5.41, 5.74) is 1.34. The van der Waals surface area contributed by atoms with E-state index in [1.165, 1.54) is 6.07 Å². The van der Waals surface area contributed by atoms with Crippen LogP contribution in [0.3, 0.4) is 0 Å². The van der Waals surface area contributed by atoms with Crippen molar-refractivity contribution >= 4 is 50.8 Å². The average Bonchev–Trinajstić information content (AvgIpc) is 2.24. The molecule has 0 radical (unpaired) electrons. The van der Waals surface area contributed by atoms with Gasteiger partial charge in [-0.15, -0.1) is 0 Å². The smallest absolute Gasteiger partial charge is 0.232 e. The highest BCUT2D eigenvalue weighted by Crippen LogP contribution is 2.26. The summed E-state index contributed by atoms with van der Waals surface area (Å²) in [6.07, 6.45) is 0. The number of aryl methyl sites for hydroxylation is 1. The van der Waals surface area contributed by atoms with Gasteiger partial charge >= 0.3 is 0 Å². The molecule has 0 fully saturated rings. The Bertz CT molecular complexity index is 588. The maximum Gasteiger partial charge on any atom is 0.232 e. The number of rotatable bonds is 2. The Balaban J connectivity index is 2.36. The van der Waals surface area contributed by atoms with E-state index >= 15 is 0 Å². The zero-order valence-corrected chi connectivity index (χ0v) is 12.1. The minimum atomic E-state index is -0.394. The van der Waals surface area contributed by atoms with E-state index < -0.39 is 5.82 Å². The molecule has 0 saturated carbocycles. The van der Waals surface area contributed by atoms with Crippen molar-refractivity contribution in [3.05, 3.63) is 38.6 Å². The lowest BCUT2D eigenvalue weighted by atomic mass is 10.2. The Labute approximate surface area is 121 Å². The lowest BCUT2D eigenvalue weighted by molar-refractivity contribution is 0.621. The van der Waals surface area contributed by atoms with Gasteiger partial charge in [-0.1, -0.05) is 0 Å². The summed E-state index contributed by atoms with van der Waals surface area (Å²) >= 11 is 14.4. The van der Waals surface area contributed by atoms with Crippen LogP contribution in [0.4, 0.5) is 16.0 Å². The van der Waals surface area contributed by atoms with Gasteiger partial charge in [0.15, 0.2) is 0 Å². The molecule has 8 heteroatoms. The lowest BCUT2D eigenvalue weighted by Gasteiger charge is -2.09. The second-order valence-electron chi connectivity index (χ2n) is 3.40. The zero-order valence-electron chi connectivity index (χ0n) is 9.01. The highest BCUT2D eigenvalue weighted by atomic mass is 79.9. The average molecular weight is 352 g/mol. The quantitative estimate of drug-likeness (QED) is 0.883. The summed E-state index contributed by atoms with van der Waals surface area (Å²) in [5, 5.41) is 2.76. The number of nitrogens with zero attached hydrogens (tertiary/aromatic N) is 3. The Hall–Kier alpha value is -0.980. The zero-order chi connectivity index (χ0) is 13.3. The van der Waals surface area contributed by atoms with E-state index in [0.717, 1.165) is 5.56 Å². The first-order valence-corrected chi connectivity index (χ1v) is 6.30. The van der Waals surface area contributed by atoms with Gasteiger partial charge in [-0.3, -0.25) is 0 Å². The largest absolute Gasteiger partial charge is 0.324 e. The van der Waals surface area contributed by atoms with E-state index in [1.54, 1.807) is 6.07 Å². The van der Waals surface area contributed by atoms with E-state index in [9.17, 15) is 4.39 Å². The van der Waals surface area contributed by atoms with E-state index in [0.29, 0.717) is 10.2 Å². The fourth-order valence-corrected chi connectivity index (χ4v) is 2.10. The van der Waals surface area contributed by atoms with Crippen molar-refractivity contribution in [2.45, 2.75) is 6.92 Å². The Morgan fingerprint density at radius 2 is 1.78 bits per heavy atom. The highest BCUT2D eigenvalue weighted by Gasteiger charge is 2.08. The molecule has 0 aliphatic heterocycles. The number of nitrogens with one attached hydrogen (secondary N) is 1. The minimum absolute atomic E-state index is 0.0345. The second kappa shape index (κ2) is 5.34. The van der Waals surface area contributed by atoms with Crippen LogP contribution >= 0.6 is 39.1 Å². The summed E-state index contributed by atoms with van der Waals surface area (Å²) in [5.74, 6) is -0.237. The minimum Gasteiger partial charge on any atom is -0.324 e. The molecule has 0 aliphatic rings. The molecule has 94 valence electrons. The Morgan fingerprint density at radius 3 is 2.39 bits per heavy atom. The SMILES string of the molecule is Cc1cc(Br)c(F)cc1Nc1nc(Cl)nc(Cl)n1. The fraction of sp³-hybridized carbons (Fsp3) is 0.100. The molecule has 0 saturated heterocycles. The van der Waals surface area contributed by atoms with Crippen molar-refractivity contribution in [2.75, 3.05) is 5.32 Å². The summed E-state index contributed by atoms with van der Waals surface area (Å²) in [6, 6.07) is 2.97. The number of hydrogen-bond donors (Lipinski definition) is 1. The van der Waals surface area contributed by atoms with Crippen LogP contribution in [0.1, 0.15) is 5.56 Å². The molecule has 0 bridgehead atoms. The number of anilines is 2. The molecule has 4 nitrogen and oxygen atoms in total. The first kappa shape index (κ1) is 13.5. The molecule has 0 aliphatic carbocycles. The third-order valence-corrected chi connectivity index (χ3v) is 3.04. The first-order valence-electron chi connectivity index (χ1n) is 4.75. The van der Waals surface area contributed by atoms with E-state index in [-0.39, 0.29) is 16.5 Å². The van der Waals surface area contributed by atoms with Gasteiger partial charge in [0.2, 0.25) is 16.5 Å². The van der Waals surface area contributed by atoms with Crippen LogP contribution in [0.2, 0.25) is 10.6 Å². The molecule has 0 amide bonds. The third-order valence-electron chi connectivity index (χ3n) is 2.09. The number of halogens is 4. The van der Waals surface area contributed by atoms with Gasteiger partial charge in [0, 0.05) is 5.69 Å². The highest BCUT2D eigenvalue weighted by molar-refractivity contribution is 9.10. The fourth-order valence-electron chi connectivity index (χ4n) is 1.28. The van der Waals surface area contributed by atoms with Crippen LogP contribution in [-0.4, -0.2) is 15.0 Å². The van der Waals surface area contributed by atoms with Gasteiger partial charge in [-0.2, -0.15) is 15.0 Å². The van der Waals surface area contributed by atoms with E-state index in [2.05, 4.69) is 36.2 Å². The maximum atomic E-state index is 13.4.